The maximum Gasteiger partial charge on any atom is 0.0429 e. The van der Waals surface area contributed by atoms with Crippen molar-refractivity contribution >= 4 is 27.3 Å². The topological polar surface area (TPSA) is 26.0 Å². The highest BCUT2D eigenvalue weighted by atomic mass is 79.9. The van der Waals surface area contributed by atoms with Crippen molar-refractivity contribution in [1.82, 2.24) is 0 Å². The van der Waals surface area contributed by atoms with Crippen LogP contribution in [0.1, 0.15) is 44.0 Å². The Kier molecular flexibility index (Phi) is 4.09. The predicted molar refractivity (Wildman–Crippen MR) is 74.6 cm³/mol. The van der Waals surface area contributed by atoms with Crippen molar-refractivity contribution in [3.8, 4) is 0 Å². The molecule has 1 heterocycles. The molecule has 1 aliphatic rings. The summed E-state index contributed by atoms with van der Waals surface area (Å²) in [5, 5.41) is 2.12. The zero-order valence-electron chi connectivity index (χ0n) is 9.95. The summed E-state index contributed by atoms with van der Waals surface area (Å²) in [5.74, 6) is 2.36. The van der Waals surface area contributed by atoms with Gasteiger partial charge in [0.2, 0.25) is 0 Å². The van der Waals surface area contributed by atoms with Gasteiger partial charge in [-0.15, -0.1) is 11.3 Å². The van der Waals surface area contributed by atoms with Gasteiger partial charge in [-0.1, -0.05) is 20.3 Å². The van der Waals surface area contributed by atoms with E-state index in [1.807, 2.05) is 0 Å². The van der Waals surface area contributed by atoms with Crippen LogP contribution >= 0.6 is 27.3 Å². The fraction of sp³-hybridized carbons (Fsp3) is 0.692. The first-order chi connectivity index (χ1) is 7.59. The molecule has 0 spiro atoms. The Morgan fingerprint density at radius 3 is 2.69 bits per heavy atom. The van der Waals surface area contributed by atoms with Crippen LogP contribution in [0.3, 0.4) is 0 Å². The van der Waals surface area contributed by atoms with E-state index in [0.29, 0.717) is 5.92 Å². The summed E-state index contributed by atoms with van der Waals surface area (Å²) in [7, 11) is 0. The summed E-state index contributed by atoms with van der Waals surface area (Å²) >= 11 is 5.37. The van der Waals surface area contributed by atoms with E-state index in [1.54, 1.807) is 11.3 Å². The Morgan fingerprint density at radius 1 is 1.38 bits per heavy atom. The fourth-order valence-electron chi connectivity index (χ4n) is 2.67. The van der Waals surface area contributed by atoms with Crippen molar-refractivity contribution in [2.45, 2.75) is 39.2 Å². The second kappa shape index (κ2) is 5.19. The summed E-state index contributed by atoms with van der Waals surface area (Å²) < 4.78 is 1.19. The normalized spacial score (nSPS) is 32.6. The lowest BCUT2D eigenvalue weighted by atomic mass is 9.73. The molecule has 0 amide bonds. The first-order valence-electron chi connectivity index (χ1n) is 6.08. The van der Waals surface area contributed by atoms with Crippen LogP contribution in [-0.4, -0.2) is 0 Å². The monoisotopic (exact) mass is 301 g/mol. The highest BCUT2D eigenvalue weighted by molar-refractivity contribution is 9.10. The van der Waals surface area contributed by atoms with Crippen molar-refractivity contribution in [2.75, 3.05) is 0 Å². The van der Waals surface area contributed by atoms with Gasteiger partial charge in [0.25, 0.3) is 0 Å². The molecule has 0 bridgehead atoms. The molecule has 0 saturated heterocycles. The number of hydrogen-bond donors (Lipinski definition) is 1. The summed E-state index contributed by atoms with van der Waals surface area (Å²) in [6.07, 6.45) is 3.91. The van der Waals surface area contributed by atoms with Gasteiger partial charge in [0.05, 0.1) is 0 Å². The zero-order chi connectivity index (χ0) is 11.7. The van der Waals surface area contributed by atoms with Crippen LogP contribution in [0.4, 0.5) is 0 Å². The molecule has 2 N–H and O–H groups in total. The van der Waals surface area contributed by atoms with Crippen molar-refractivity contribution in [1.29, 1.82) is 0 Å². The van der Waals surface area contributed by atoms with Gasteiger partial charge in [-0.25, -0.2) is 0 Å². The molecule has 16 heavy (non-hydrogen) atoms. The van der Waals surface area contributed by atoms with Crippen LogP contribution in [0.15, 0.2) is 15.9 Å². The summed E-state index contributed by atoms with van der Waals surface area (Å²) in [5.41, 5.74) is 6.40. The van der Waals surface area contributed by atoms with E-state index < -0.39 is 0 Å². The molecule has 3 heteroatoms. The molecular formula is C13H20BrNS. The lowest BCUT2D eigenvalue weighted by Gasteiger charge is -2.35. The Morgan fingerprint density at radius 2 is 2.12 bits per heavy atom. The van der Waals surface area contributed by atoms with E-state index in [4.69, 9.17) is 5.73 Å². The largest absolute Gasteiger partial charge is 0.323 e. The third-order valence-electron chi connectivity index (χ3n) is 4.09. The Balaban J connectivity index is 2.06. The summed E-state index contributed by atoms with van der Waals surface area (Å²) in [6, 6.07) is 2.33. The van der Waals surface area contributed by atoms with Gasteiger partial charge in [0.1, 0.15) is 0 Å². The van der Waals surface area contributed by atoms with Gasteiger partial charge < -0.3 is 5.73 Å². The first-order valence-corrected chi connectivity index (χ1v) is 7.75. The van der Waals surface area contributed by atoms with Gasteiger partial charge in [-0.3, -0.25) is 0 Å². The van der Waals surface area contributed by atoms with E-state index in [9.17, 15) is 0 Å². The molecule has 2 rings (SSSR count). The van der Waals surface area contributed by atoms with E-state index in [1.165, 1.54) is 28.6 Å². The zero-order valence-corrected chi connectivity index (χ0v) is 12.4. The van der Waals surface area contributed by atoms with Crippen LogP contribution in [-0.2, 0) is 0 Å². The minimum atomic E-state index is 0.226. The van der Waals surface area contributed by atoms with E-state index in [-0.39, 0.29) is 6.04 Å². The maximum absolute atomic E-state index is 6.40. The third kappa shape index (κ3) is 2.52. The number of hydrogen-bond acceptors (Lipinski definition) is 2. The van der Waals surface area contributed by atoms with Crippen molar-refractivity contribution < 1.29 is 0 Å². The molecule has 4 atom stereocenters. The molecule has 0 radical (unpaired) electrons. The fourth-order valence-corrected chi connectivity index (χ4v) is 4.41. The van der Waals surface area contributed by atoms with Gasteiger partial charge in [0, 0.05) is 15.4 Å². The SMILES string of the molecule is CC1CCC(C(N)c2sccc2Br)CC1C. The molecule has 0 aromatic carbocycles. The van der Waals surface area contributed by atoms with Crippen LogP contribution in [0, 0.1) is 17.8 Å². The van der Waals surface area contributed by atoms with Gasteiger partial charge in [-0.2, -0.15) is 0 Å². The molecule has 1 aromatic rings. The average molecular weight is 302 g/mol. The quantitative estimate of drug-likeness (QED) is 0.850. The Hall–Kier alpha value is 0.140. The molecule has 1 fully saturated rings. The van der Waals surface area contributed by atoms with Crippen molar-refractivity contribution in [3.05, 3.63) is 20.8 Å². The molecule has 1 aromatic heterocycles. The van der Waals surface area contributed by atoms with E-state index >= 15 is 0 Å². The smallest absolute Gasteiger partial charge is 0.0429 e. The second-order valence-corrected chi connectivity index (χ2v) is 6.99. The average Bonchev–Trinajstić information content (AvgIpc) is 2.67. The number of nitrogens with two attached hydrogens (primary N) is 1. The lowest BCUT2D eigenvalue weighted by Crippen LogP contribution is -2.29. The molecule has 1 aliphatic carbocycles. The van der Waals surface area contributed by atoms with Gasteiger partial charge in [-0.05, 0) is 58.0 Å². The van der Waals surface area contributed by atoms with Crippen LogP contribution < -0.4 is 5.73 Å². The lowest BCUT2D eigenvalue weighted by molar-refractivity contribution is 0.187. The minimum absolute atomic E-state index is 0.226. The highest BCUT2D eigenvalue weighted by Gasteiger charge is 2.30. The molecule has 4 unspecified atom stereocenters. The van der Waals surface area contributed by atoms with Crippen LogP contribution in [0.2, 0.25) is 0 Å². The van der Waals surface area contributed by atoms with Crippen molar-refractivity contribution in [3.63, 3.8) is 0 Å². The molecule has 1 nitrogen and oxygen atoms in total. The third-order valence-corrected chi connectivity index (χ3v) is 6.07. The molecular weight excluding hydrogens is 282 g/mol. The van der Waals surface area contributed by atoms with E-state index in [2.05, 4.69) is 41.2 Å². The van der Waals surface area contributed by atoms with Crippen LogP contribution in [0.5, 0.6) is 0 Å². The van der Waals surface area contributed by atoms with Crippen LogP contribution in [0.25, 0.3) is 0 Å². The number of rotatable bonds is 2. The highest BCUT2D eigenvalue weighted by Crippen LogP contribution is 2.41. The summed E-state index contributed by atoms with van der Waals surface area (Å²) in [4.78, 5) is 1.33. The minimum Gasteiger partial charge on any atom is -0.323 e. The molecule has 90 valence electrons. The number of thiophene rings is 1. The molecule has 1 saturated carbocycles. The van der Waals surface area contributed by atoms with Gasteiger partial charge >= 0.3 is 0 Å². The van der Waals surface area contributed by atoms with Crippen molar-refractivity contribution in [2.24, 2.45) is 23.5 Å². The summed E-state index contributed by atoms with van der Waals surface area (Å²) in [6.45, 7) is 4.74. The standard InChI is InChI=1S/C13H20BrNS/c1-8-3-4-10(7-9(8)2)12(15)13-11(14)5-6-16-13/h5-6,8-10,12H,3-4,7,15H2,1-2H3. The Bertz CT molecular complexity index is 349. The van der Waals surface area contributed by atoms with E-state index in [0.717, 1.165) is 11.8 Å². The molecule has 0 aliphatic heterocycles. The second-order valence-electron chi connectivity index (χ2n) is 5.19. The first kappa shape index (κ1) is 12.6. The predicted octanol–water partition coefficient (Wildman–Crippen LogP) is 4.58. The number of halogens is 1. The Labute approximate surface area is 111 Å². The van der Waals surface area contributed by atoms with Gasteiger partial charge in [0.15, 0.2) is 0 Å². The maximum atomic E-state index is 6.40.